The fraction of sp³-hybridized carbons (Fsp3) is 0.357. The van der Waals surface area contributed by atoms with Crippen molar-refractivity contribution >= 4 is 22.4 Å². The van der Waals surface area contributed by atoms with E-state index < -0.39 is 4.92 Å². The Kier molecular flexibility index (Phi) is 3.23. The second kappa shape index (κ2) is 5.05. The third-order valence-electron chi connectivity index (χ3n) is 3.66. The molecule has 0 unspecified atom stereocenters. The number of nitrogens with one attached hydrogen (secondary N) is 1. The molecule has 0 amide bonds. The quantitative estimate of drug-likeness (QED) is 0.684. The molecule has 1 saturated carbocycles. The van der Waals surface area contributed by atoms with Crippen LogP contribution < -0.4 is 5.32 Å². The molecule has 0 bridgehead atoms. The lowest BCUT2D eigenvalue weighted by molar-refractivity contribution is -0.384. The highest BCUT2D eigenvalue weighted by atomic mass is 16.6. The van der Waals surface area contributed by atoms with Crippen LogP contribution in [0, 0.1) is 10.1 Å². The molecule has 1 heterocycles. The van der Waals surface area contributed by atoms with Crippen molar-refractivity contribution < 1.29 is 9.66 Å². The van der Waals surface area contributed by atoms with E-state index in [-0.39, 0.29) is 5.69 Å². The van der Waals surface area contributed by atoms with Gasteiger partial charge in [-0.1, -0.05) is 0 Å². The van der Waals surface area contributed by atoms with Gasteiger partial charge in [-0.3, -0.25) is 10.1 Å². The third-order valence-corrected chi connectivity index (χ3v) is 3.66. The Hall–Kier alpha value is -2.21. The molecule has 6 nitrogen and oxygen atoms in total. The number of hydrogen-bond acceptors (Lipinski definition) is 5. The molecule has 1 aromatic heterocycles. The minimum Gasteiger partial charge on any atom is -0.381 e. The summed E-state index contributed by atoms with van der Waals surface area (Å²) in [6, 6.07) is 8.79. The highest BCUT2D eigenvalue weighted by Crippen LogP contribution is 2.27. The number of aromatic nitrogens is 1. The predicted molar refractivity (Wildman–Crippen MR) is 75.8 cm³/mol. The topological polar surface area (TPSA) is 77.3 Å². The second-order valence-corrected chi connectivity index (χ2v) is 5.00. The van der Waals surface area contributed by atoms with E-state index in [2.05, 4.69) is 10.3 Å². The second-order valence-electron chi connectivity index (χ2n) is 5.00. The van der Waals surface area contributed by atoms with Gasteiger partial charge in [0, 0.05) is 30.7 Å². The smallest absolute Gasteiger partial charge is 0.270 e. The first-order valence-corrected chi connectivity index (χ1v) is 6.50. The number of nitrogens with zero attached hydrogens (tertiary/aromatic N) is 2. The molecule has 0 saturated heterocycles. The number of methoxy groups -OCH3 is 1. The number of hydrogen-bond donors (Lipinski definition) is 1. The van der Waals surface area contributed by atoms with Crippen LogP contribution in [0.15, 0.2) is 30.3 Å². The maximum atomic E-state index is 10.7. The Labute approximate surface area is 115 Å². The molecular weight excluding hydrogens is 258 g/mol. The van der Waals surface area contributed by atoms with E-state index in [1.165, 1.54) is 12.1 Å². The first kappa shape index (κ1) is 12.8. The molecule has 1 aliphatic rings. The van der Waals surface area contributed by atoms with Gasteiger partial charge in [-0.05, 0) is 31.0 Å². The molecule has 3 rings (SSSR count). The Morgan fingerprint density at radius 1 is 1.35 bits per heavy atom. The molecule has 1 fully saturated rings. The van der Waals surface area contributed by atoms with Crippen LogP contribution in [0.1, 0.15) is 12.8 Å². The van der Waals surface area contributed by atoms with Gasteiger partial charge in [-0.2, -0.15) is 0 Å². The predicted octanol–water partition coefficient (Wildman–Crippen LogP) is 2.73. The van der Waals surface area contributed by atoms with Crippen molar-refractivity contribution in [2.45, 2.75) is 25.0 Å². The van der Waals surface area contributed by atoms with Crippen LogP contribution in [-0.2, 0) is 4.74 Å². The molecule has 2 aromatic rings. The normalized spacial score (nSPS) is 21.4. The largest absolute Gasteiger partial charge is 0.381 e. The summed E-state index contributed by atoms with van der Waals surface area (Å²) in [6.07, 6.45) is 2.31. The van der Waals surface area contributed by atoms with E-state index >= 15 is 0 Å². The maximum Gasteiger partial charge on any atom is 0.270 e. The molecule has 1 N–H and O–H groups in total. The van der Waals surface area contributed by atoms with Gasteiger partial charge in [0.2, 0.25) is 0 Å². The number of benzene rings is 1. The number of nitro groups is 1. The summed E-state index contributed by atoms with van der Waals surface area (Å²) in [4.78, 5) is 14.8. The lowest BCUT2D eigenvalue weighted by atomic mass is 9.89. The van der Waals surface area contributed by atoms with Gasteiger partial charge in [0.1, 0.15) is 5.82 Å². The molecule has 104 valence electrons. The van der Waals surface area contributed by atoms with Crippen LogP contribution >= 0.6 is 0 Å². The summed E-state index contributed by atoms with van der Waals surface area (Å²) in [7, 11) is 1.72. The van der Waals surface area contributed by atoms with Crippen LogP contribution in [0.3, 0.4) is 0 Å². The summed E-state index contributed by atoms with van der Waals surface area (Å²) in [5.41, 5.74) is 0.838. The molecular formula is C14H15N3O3. The molecule has 6 heteroatoms. The number of nitro benzene ring substituents is 1. The monoisotopic (exact) mass is 273 g/mol. The highest BCUT2D eigenvalue weighted by Gasteiger charge is 2.28. The van der Waals surface area contributed by atoms with Gasteiger partial charge in [-0.25, -0.2) is 4.98 Å². The van der Waals surface area contributed by atoms with Gasteiger partial charge in [0.15, 0.2) is 0 Å². The summed E-state index contributed by atoms with van der Waals surface area (Å²) in [6.45, 7) is 0. The zero-order valence-corrected chi connectivity index (χ0v) is 11.1. The van der Waals surface area contributed by atoms with Crippen LogP contribution in [0.25, 0.3) is 10.9 Å². The zero-order valence-electron chi connectivity index (χ0n) is 11.1. The molecule has 1 aromatic carbocycles. The van der Waals surface area contributed by atoms with Crippen molar-refractivity contribution in [3.8, 4) is 0 Å². The molecule has 0 radical (unpaired) electrons. The SMILES string of the molecule is COC1CC(Nc2ccc3cc([N+](=O)[O-])ccc3n2)C1. The molecule has 0 spiro atoms. The Balaban J connectivity index is 1.77. The van der Waals surface area contributed by atoms with E-state index in [1.54, 1.807) is 13.2 Å². The van der Waals surface area contributed by atoms with Crippen LogP contribution in [-0.4, -0.2) is 29.2 Å². The Morgan fingerprint density at radius 3 is 2.85 bits per heavy atom. The maximum absolute atomic E-state index is 10.7. The zero-order chi connectivity index (χ0) is 14.1. The van der Waals surface area contributed by atoms with Crippen molar-refractivity contribution in [1.82, 2.24) is 4.98 Å². The average molecular weight is 273 g/mol. The molecule has 1 aliphatic carbocycles. The van der Waals surface area contributed by atoms with Gasteiger partial charge < -0.3 is 10.1 Å². The van der Waals surface area contributed by atoms with E-state index in [4.69, 9.17) is 4.74 Å². The van der Waals surface area contributed by atoms with Crippen molar-refractivity contribution in [2.75, 3.05) is 12.4 Å². The molecule has 0 atom stereocenters. The number of fused-ring (bicyclic) bond motifs is 1. The standard InChI is InChI=1S/C14H15N3O3/c1-20-12-7-10(8-12)15-14-5-2-9-6-11(17(18)19)3-4-13(9)16-14/h2-6,10,12H,7-8H2,1H3,(H,15,16). The number of non-ortho nitro benzene ring substituents is 1. The first-order valence-electron chi connectivity index (χ1n) is 6.50. The molecule has 0 aliphatic heterocycles. The fourth-order valence-electron chi connectivity index (χ4n) is 2.39. The summed E-state index contributed by atoms with van der Waals surface area (Å²) in [5, 5.41) is 14.8. The lowest BCUT2D eigenvalue weighted by Gasteiger charge is -2.34. The van der Waals surface area contributed by atoms with Crippen molar-refractivity contribution in [3.63, 3.8) is 0 Å². The van der Waals surface area contributed by atoms with Gasteiger partial charge >= 0.3 is 0 Å². The van der Waals surface area contributed by atoms with Crippen molar-refractivity contribution in [2.24, 2.45) is 0 Å². The average Bonchev–Trinajstić information content (AvgIpc) is 2.41. The Morgan fingerprint density at radius 2 is 2.15 bits per heavy atom. The Bertz CT molecular complexity index is 653. The number of pyridine rings is 1. The van der Waals surface area contributed by atoms with E-state index in [0.717, 1.165) is 29.6 Å². The number of anilines is 1. The summed E-state index contributed by atoms with van der Waals surface area (Å²) < 4.78 is 5.24. The van der Waals surface area contributed by atoms with Crippen LogP contribution in [0.4, 0.5) is 11.5 Å². The van der Waals surface area contributed by atoms with Crippen LogP contribution in [0.5, 0.6) is 0 Å². The number of ether oxygens (including phenoxy) is 1. The first-order chi connectivity index (χ1) is 9.65. The summed E-state index contributed by atoms with van der Waals surface area (Å²) in [5.74, 6) is 0.797. The fourth-order valence-corrected chi connectivity index (χ4v) is 2.39. The summed E-state index contributed by atoms with van der Waals surface area (Å²) >= 11 is 0. The molecule has 20 heavy (non-hydrogen) atoms. The van der Waals surface area contributed by atoms with Crippen molar-refractivity contribution in [3.05, 3.63) is 40.4 Å². The minimum atomic E-state index is -0.398. The van der Waals surface area contributed by atoms with Gasteiger partial charge in [-0.15, -0.1) is 0 Å². The number of rotatable bonds is 4. The van der Waals surface area contributed by atoms with Gasteiger partial charge in [0.25, 0.3) is 5.69 Å². The van der Waals surface area contributed by atoms with E-state index in [0.29, 0.717) is 12.1 Å². The third kappa shape index (κ3) is 2.42. The highest BCUT2D eigenvalue weighted by molar-refractivity contribution is 5.82. The lowest BCUT2D eigenvalue weighted by Crippen LogP contribution is -2.40. The minimum absolute atomic E-state index is 0.0851. The van der Waals surface area contributed by atoms with Crippen LogP contribution in [0.2, 0.25) is 0 Å². The van der Waals surface area contributed by atoms with E-state index in [9.17, 15) is 10.1 Å². The van der Waals surface area contributed by atoms with Gasteiger partial charge in [0.05, 0.1) is 16.5 Å². The van der Waals surface area contributed by atoms with Crippen molar-refractivity contribution in [1.29, 1.82) is 0 Å². The van der Waals surface area contributed by atoms with E-state index in [1.807, 2.05) is 12.1 Å².